The van der Waals surface area contributed by atoms with Gasteiger partial charge in [-0.2, -0.15) is 5.10 Å². The zero-order chi connectivity index (χ0) is 15.6. The van der Waals surface area contributed by atoms with Gasteiger partial charge in [0.1, 0.15) is 0 Å². The fourth-order valence-corrected chi connectivity index (χ4v) is 1.94. The van der Waals surface area contributed by atoms with Gasteiger partial charge in [0.25, 0.3) is 11.6 Å². The van der Waals surface area contributed by atoms with Crippen molar-refractivity contribution in [3.05, 3.63) is 34.0 Å². The van der Waals surface area contributed by atoms with Crippen molar-refractivity contribution in [2.45, 2.75) is 19.4 Å². The molecule has 0 fully saturated rings. The molecule has 2 aromatic rings. The number of nitrogens with one attached hydrogen (secondary N) is 1. The molecule has 2 N–H and O–H groups in total. The van der Waals surface area contributed by atoms with Gasteiger partial charge in [0.15, 0.2) is 5.69 Å². The van der Waals surface area contributed by atoms with Gasteiger partial charge in [0, 0.05) is 31.1 Å². The first-order chi connectivity index (χ1) is 9.90. The standard InChI is InChI=1S/C13H16N4O4/c1-8(18)5-6-16(2)13(19)12-10-7-9(17(20)21)3-4-11(10)14-15-12/h3-4,7-8,18H,5-6H2,1-2H3,(H,14,15). The number of rotatable bonds is 5. The topological polar surface area (TPSA) is 112 Å². The fourth-order valence-electron chi connectivity index (χ4n) is 1.94. The van der Waals surface area contributed by atoms with Gasteiger partial charge in [-0.15, -0.1) is 0 Å². The number of nitrogens with zero attached hydrogens (tertiary/aromatic N) is 3. The number of aromatic amines is 1. The van der Waals surface area contributed by atoms with E-state index in [1.807, 2.05) is 0 Å². The number of aliphatic hydroxyl groups excluding tert-OH is 1. The number of fused-ring (bicyclic) bond motifs is 1. The Kier molecular flexibility index (Phi) is 4.18. The first kappa shape index (κ1) is 14.9. The minimum absolute atomic E-state index is 0.0930. The number of nitro groups is 1. The van der Waals surface area contributed by atoms with E-state index in [0.29, 0.717) is 23.9 Å². The number of carbonyl (C=O) groups excluding carboxylic acids is 1. The van der Waals surface area contributed by atoms with Crippen LogP contribution in [0.4, 0.5) is 5.69 Å². The molecule has 8 nitrogen and oxygen atoms in total. The van der Waals surface area contributed by atoms with Crippen molar-refractivity contribution < 1.29 is 14.8 Å². The maximum Gasteiger partial charge on any atom is 0.274 e. The largest absolute Gasteiger partial charge is 0.393 e. The van der Waals surface area contributed by atoms with E-state index in [0.717, 1.165) is 0 Å². The summed E-state index contributed by atoms with van der Waals surface area (Å²) in [7, 11) is 1.60. The summed E-state index contributed by atoms with van der Waals surface area (Å²) in [5.74, 6) is -0.345. The minimum Gasteiger partial charge on any atom is -0.393 e. The smallest absolute Gasteiger partial charge is 0.274 e. The molecule has 0 aliphatic carbocycles. The molecule has 8 heteroatoms. The van der Waals surface area contributed by atoms with Gasteiger partial charge in [-0.3, -0.25) is 20.0 Å². The zero-order valence-electron chi connectivity index (χ0n) is 11.7. The number of aliphatic hydroxyl groups is 1. The summed E-state index contributed by atoms with van der Waals surface area (Å²) >= 11 is 0. The molecule has 112 valence electrons. The summed E-state index contributed by atoms with van der Waals surface area (Å²) in [6.07, 6.45) is -0.0534. The van der Waals surface area contributed by atoms with Gasteiger partial charge in [-0.05, 0) is 19.4 Å². The monoisotopic (exact) mass is 292 g/mol. The predicted octanol–water partition coefficient (Wildman–Crippen LogP) is 1.31. The number of aromatic nitrogens is 2. The molecule has 21 heavy (non-hydrogen) atoms. The first-order valence-electron chi connectivity index (χ1n) is 6.46. The second-order valence-electron chi connectivity index (χ2n) is 4.92. The highest BCUT2D eigenvalue weighted by Crippen LogP contribution is 2.22. The fraction of sp³-hybridized carbons (Fsp3) is 0.385. The molecule has 1 heterocycles. The third-order valence-electron chi connectivity index (χ3n) is 3.19. The second kappa shape index (κ2) is 5.88. The number of hydrogen-bond acceptors (Lipinski definition) is 5. The van der Waals surface area contributed by atoms with Crippen LogP contribution >= 0.6 is 0 Å². The number of benzene rings is 1. The summed E-state index contributed by atoms with van der Waals surface area (Å²) in [4.78, 5) is 24.0. The quantitative estimate of drug-likeness (QED) is 0.637. The van der Waals surface area contributed by atoms with E-state index in [1.165, 1.54) is 23.1 Å². The van der Waals surface area contributed by atoms with Gasteiger partial charge >= 0.3 is 0 Å². The van der Waals surface area contributed by atoms with E-state index in [9.17, 15) is 20.0 Å². The van der Waals surface area contributed by atoms with Crippen LogP contribution < -0.4 is 0 Å². The molecular formula is C13H16N4O4. The highest BCUT2D eigenvalue weighted by molar-refractivity contribution is 6.05. The third kappa shape index (κ3) is 3.16. The van der Waals surface area contributed by atoms with E-state index in [2.05, 4.69) is 10.2 Å². The van der Waals surface area contributed by atoms with Gasteiger partial charge in [-0.25, -0.2) is 0 Å². The summed E-state index contributed by atoms with van der Waals surface area (Å²) in [6, 6.07) is 4.20. The first-order valence-corrected chi connectivity index (χ1v) is 6.46. The lowest BCUT2D eigenvalue weighted by atomic mass is 10.1. The van der Waals surface area contributed by atoms with Crippen molar-refractivity contribution in [3.8, 4) is 0 Å². The maximum atomic E-state index is 12.3. The Morgan fingerprint density at radius 3 is 2.90 bits per heavy atom. The molecular weight excluding hydrogens is 276 g/mol. The number of nitro benzene ring substituents is 1. The molecule has 1 unspecified atom stereocenters. The zero-order valence-corrected chi connectivity index (χ0v) is 11.7. The molecule has 0 aliphatic rings. The molecule has 1 aromatic carbocycles. The molecule has 0 radical (unpaired) electrons. The molecule has 0 aliphatic heterocycles. The minimum atomic E-state index is -0.516. The number of hydrogen-bond donors (Lipinski definition) is 2. The molecule has 0 saturated heterocycles. The Labute approximate surface area is 120 Å². The van der Waals surface area contributed by atoms with Crippen LogP contribution in [0.3, 0.4) is 0 Å². The van der Waals surface area contributed by atoms with E-state index in [1.54, 1.807) is 14.0 Å². The molecule has 1 aromatic heterocycles. The summed E-state index contributed by atoms with van der Waals surface area (Å²) in [6.45, 7) is 2.02. The second-order valence-corrected chi connectivity index (χ2v) is 4.92. The lowest BCUT2D eigenvalue weighted by Gasteiger charge is -2.16. The van der Waals surface area contributed by atoms with Crippen LogP contribution in [0.15, 0.2) is 18.2 Å². The summed E-state index contributed by atoms with van der Waals surface area (Å²) < 4.78 is 0. The van der Waals surface area contributed by atoms with Crippen molar-refractivity contribution >= 4 is 22.5 Å². The summed E-state index contributed by atoms with van der Waals surface area (Å²) in [5.41, 5.74) is 0.610. The number of amides is 1. The van der Waals surface area contributed by atoms with Crippen LogP contribution in [0.25, 0.3) is 10.9 Å². The Bertz CT molecular complexity index is 680. The highest BCUT2D eigenvalue weighted by Gasteiger charge is 2.20. The molecule has 0 saturated carbocycles. The number of H-pyrrole nitrogens is 1. The van der Waals surface area contributed by atoms with Crippen LogP contribution in [-0.2, 0) is 0 Å². The van der Waals surface area contributed by atoms with Crippen molar-refractivity contribution in [1.82, 2.24) is 15.1 Å². The molecule has 2 rings (SSSR count). The Balaban J connectivity index is 2.30. The molecule has 0 bridgehead atoms. The number of non-ortho nitro benzene ring substituents is 1. The molecule has 1 amide bonds. The SMILES string of the molecule is CC(O)CCN(C)C(=O)c1n[nH]c2ccc([N+](=O)[O-])cc12. The van der Waals surface area contributed by atoms with Crippen LogP contribution in [-0.4, -0.2) is 50.7 Å². The Morgan fingerprint density at radius 1 is 1.57 bits per heavy atom. The molecule has 1 atom stereocenters. The highest BCUT2D eigenvalue weighted by atomic mass is 16.6. The predicted molar refractivity (Wildman–Crippen MR) is 76.0 cm³/mol. The third-order valence-corrected chi connectivity index (χ3v) is 3.19. The van der Waals surface area contributed by atoms with Crippen LogP contribution in [0, 0.1) is 10.1 Å². The maximum absolute atomic E-state index is 12.3. The van der Waals surface area contributed by atoms with Crippen LogP contribution in [0.1, 0.15) is 23.8 Å². The lowest BCUT2D eigenvalue weighted by Crippen LogP contribution is -2.29. The normalized spacial score (nSPS) is 12.3. The average Bonchev–Trinajstić information content (AvgIpc) is 2.86. The van der Waals surface area contributed by atoms with E-state index in [-0.39, 0.29) is 17.3 Å². The van der Waals surface area contributed by atoms with Crippen molar-refractivity contribution in [2.24, 2.45) is 0 Å². The van der Waals surface area contributed by atoms with Crippen LogP contribution in [0.5, 0.6) is 0 Å². The average molecular weight is 292 g/mol. The van der Waals surface area contributed by atoms with Gasteiger partial charge in [0.05, 0.1) is 16.5 Å². The van der Waals surface area contributed by atoms with E-state index < -0.39 is 11.0 Å². The Morgan fingerprint density at radius 2 is 2.29 bits per heavy atom. The summed E-state index contributed by atoms with van der Waals surface area (Å²) in [5, 5.41) is 27.1. The number of carbonyl (C=O) groups is 1. The van der Waals surface area contributed by atoms with Gasteiger partial charge in [0.2, 0.25) is 0 Å². The van der Waals surface area contributed by atoms with E-state index >= 15 is 0 Å². The Hall–Kier alpha value is -2.48. The van der Waals surface area contributed by atoms with Gasteiger partial charge < -0.3 is 10.0 Å². The van der Waals surface area contributed by atoms with Crippen molar-refractivity contribution in [1.29, 1.82) is 0 Å². The lowest BCUT2D eigenvalue weighted by molar-refractivity contribution is -0.384. The van der Waals surface area contributed by atoms with Gasteiger partial charge in [-0.1, -0.05) is 0 Å². The van der Waals surface area contributed by atoms with Crippen molar-refractivity contribution in [3.63, 3.8) is 0 Å². The van der Waals surface area contributed by atoms with E-state index in [4.69, 9.17) is 0 Å². The molecule has 0 spiro atoms. The van der Waals surface area contributed by atoms with Crippen molar-refractivity contribution in [2.75, 3.05) is 13.6 Å². The van der Waals surface area contributed by atoms with Crippen LogP contribution in [0.2, 0.25) is 0 Å².